The van der Waals surface area contributed by atoms with Gasteiger partial charge in [0.15, 0.2) is 0 Å². The zero-order valence-corrected chi connectivity index (χ0v) is 9.75. The van der Waals surface area contributed by atoms with Crippen molar-refractivity contribution < 1.29 is 0 Å². The van der Waals surface area contributed by atoms with Crippen molar-refractivity contribution in [2.45, 2.75) is 13.0 Å². The molecular weight excluding hydrogens is 186 g/mol. The molecule has 0 aromatic heterocycles. The van der Waals surface area contributed by atoms with Gasteiger partial charge in [-0.3, -0.25) is 0 Å². The maximum atomic E-state index is 5.92. The third-order valence-electron chi connectivity index (χ3n) is 3.01. The summed E-state index contributed by atoms with van der Waals surface area (Å²) < 4.78 is 0. The molecule has 0 saturated heterocycles. The van der Waals surface area contributed by atoms with Crippen molar-refractivity contribution in [2.75, 3.05) is 38.3 Å². The van der Waals surface area contributed by atoms with Crippen LogP contribution >= 0.6 is 0 Å². The number of fused-ring (bicyclic) bond motifs is 1. The van der Waals surface area contributed by atoms with Gasteiger partial charge in [-0.15, -0.1) is 0 Å². The van der Waals surface area contributed by atoms with Gasteiger partial charge in [0.1, 0.15) is 0 Å². The van der Waals surface area contributed by atoms with Crippen LogP contribution in [-0.4, -0.2) is 32.6 Å². The lowest BCUT2D eigenvalue weighted by Crippen LogP contribution is -2.28. The van der Waals surface area contributed by atoms with E-state index in [0.717, 1.165) is 25.2 Å². The Labute approximate surface area is 91.5 Å². The molecule has 0 amide bonds. The van der Waals surface area contributed by atoms with Gasteiger partial charge in [-0.05, 0) is 36.7 Å². The molecule has 0 aliphatic carbocycles. The number of hydrogen-bond acceptors (Lipinski definition) is 3. The van der Waals surface area contributed by atoms with Gasteiger partial charge < -0.3 is 15.5 Å². The molecule has 0 unspecified atom stereocenters. The lowest BCUT2D eigenvalue weighted by atomic mass is 9.97. The van der Waals surface area contributed by atoms with Crippen LogP contribution in [0.25, 0.3) is 0 Å². The Morgan fingerprint density at radius 2 is 2.07 bits per heavy atom. The predicted octanol–water partition coefficient (Wildman–Crippen LogP) is 1.32. The molecular formula is C12H19N3. The summed E-state index contributed by atoms with van der Waals surface area (Å²) in [7, 11) is 6.31. The minimum atomic E-state index is 0.868. The van der Waals surface area contributed by atoms with E-state index in [9.17, 15) is 0 Å². The molecule has 0 bridgehead atoms. The first-order valence-corrected chi connectivity index (χ1v) is 5.35. The molecule has 2 rings (SSSR count). The molecule has 3 nitrogen and oxygen atoms in total. The molecule has 0 radical (unpaired) electrons. The zero-order chi connectivity index (χ0) is 11.0. The fourth-order valence-electron chi connectivity index (χ4n) is 2.24. The highest BCUT2D eigenvalue weighted by Crippen LogP contribution is 2.30. The van der Waals surface area contributed by atoms with Crippen molar-refractivity contribution in [1.82, 2.24) is 4.90 Å². The Bertz CT molecular complexity index is 371. The minimum Gasteiger partial charge on any atom is -0.399 e. The van der Waals surface area contributed by atoms with Gasteiger partial charge in [0.2, 0.25) is 0 Å². The number of benzene rings is 1. The molecule has 1 aromatic carbocycles. The molecule has 0 saturated carbocycles. The van der Waals surface area contributed by atoms with Crippen LogP contribution < -0.4 is 10.6 Å². The lowest BCUT2D eigenvalue weighted by Gasteiger charge is -2.29. The van der Waals surface area contributed by atoms with E-state index in [-0.39, 0.29) is 0 Å². The topological polar surface area (TPSA) is 32.5 Å². The fourth-order valence-corrected chi connectivity index (χ4v) is 2.24. The van der Waals surface area contributed by atoms with Crippen molar-refractivity contribution in [3.05, 3.63) is 23.3 Å². The van der Waals surface area contributed by atoms with Crippen molar-refractivity contribution in [3.8, 4) is 0 Å². The summed E-state index contributed by atoms with van der Waals surface area (Å²) >= 11 is 0. The molecule has 2 N–H and O–H groups in total. The van der Waals surface area contributed by atoms with Gasteiger partial charge in [-0.1, -0.05) is 0 Å². The fraction of sp³-hybridized carbons (Fsp3) is 0.500. The van der Waals surface area contributed by atoms with Crippen LogP contribution in [0.1, 0.15) is 11.1 Å². The minimum absolute atomic E-state index is 0.868. The normalized spacial score (nSPS) is 16.2. The number of likely N-dealkylation sites (N-methyl/N-ethyl adjacent to an activating group) is 1. The van der Waals surface area contributed by atoms with E-state index in [0.29, 0.717) is 0 Å². The smallest absolute Gasteiger partial charge is 0.0417 e. The molecule has 1 aliphatic rings. The van der Waals surface area contributed by atoms with Crippen molar-refractivity contribution >= 4 is 11.4 Å². The highest BCUT2D eigenvalue weighted by Gasteiger charge is 2.17. The van der Waals surface area contributed by atoms with Crippen molar-refractivity contribution in [2.24, 2.45) is 0 Å². The zero-order valence-electron chi connectivity index (χ0n) is 9.75. The predicted molar refractivity (Wildman–Crippen MR) is 65.2 cm³/mol. The summed E-state index contributed by atoms with van der Waals surface area (Å²) in [6, 6.07) is 4.18. The summed E-state index contributed by atoms with van der Waals surface area (Å²) in [5.41, 5.74) is 10.9. The van der Waals surface area contributed by atoms with E-state index in [1.807, 2.05) is 0 Å². The van der Waals surface area contributed by atoms with Crippen LogP contribution in [0.3, 0.4) is 0 Å². The maximum Gasteiger partial charge on any atom is 0.0417 e. The molecule has 82 valence electrons. The molecule has 0 atom stereocenters. The summed E-state index contributed by atoms with van der Waals surface area (Å²) in [4.78, 5) is 4.49. The highest BCUT2D eigenvalue weighted by molar-refractivity contribution is 5.64. The molecule has 0 spiro atoms. The Kier molecular flexibility index (Phi) is 2.57. The largest absolute Gasteiger partial charge is 0.399 e. The summed E-state index contributed by atoms with van der Waals surface area (Å²) in [6.45, 7) is 2.15. The van der Waals surface area contributed by atoms with E-state index >= 15 is 0 Å². The number of nitrogens with zero attached hydrogens (tertiary/aromatic N) is 2. The van der Waals surface area contributed by atoms with Crippen LogP contribution in [0.5, 0.6) is 0 Å². The SMILES string of the molecule is CN1CCc2c(cc(N)cc2N(C)C)C1. The second kappa shape index (κ2) is 3.74. The number of rotatable bonds is 1. The van der Waals surface area contributed by atoms with Crippen LogP contribution in [0.4, 0.5) is 11.4 Å². The van der Waals surface area contributed by atoms with Gasteiger partial charge in [0.05, 0.1) is 0 Å². The van der Waals surface area contributed by atoms with E-state index in [1.54, 1.807) is 0 Å². The average molecular weight is 205 g/mol. The number of nitrogen functional groups attached to an aromatic ring is 1. The summed E-state index contributed by atoms with van der Waals surface area (Å²) in [5.74, 6) is 0. The second-order valence-corrected chi connectivity index (χ2v) is 4.56. The Morgan fingerprint density at radius 3 is 2.73 bits per heavy atom. The van der Waals surface area contributed by atoms with Gasteiger partial charge in [-0.2, -0.15) is 0 Å². The summed E-state index contributed by atoms with van der Waals surface area (Å²) in [5, 5.41) is 0. The first kappa shape index (κ1) is 10.3. The lowest BCUT2D eigenvalue weighted by molar-refractivity contribution is 0.313. The Hall–Kier alpha value is -1.22. The number of anilines is 2. The third kappa shape index (κ3) is 1.92. The Morgan fingerprint density at radius 1 is 1.33 bits per heavy atom. The molecule has 1 aromatic rings. The molecule has 1 heterocycles. The standard InChI is InChI=1S/C12H19N3/c1-14(2)12-7-10(13)6-9-8-15(3)5-4-11(9)12/h6-7H,4-5,8,13H2,1-3H3. The first-order chi connectivity index (χ1) is 7.08. The third-order valence-corrected chi connectivity index (χ3v) is 3.01. The average Bonchev–Trinajstić information content (AvgIpc) is 2.15. The van der Waals surface area contributed by atoms with Crippen molar-refractivity contribution in [3.63, 3.8) is 0 Å². The second-order valence-electron chi connectivity index (χ2n) is 4.56. The van der Waals surface area contributed by atoms with Crippen LogP contribution in [0.15, 0.2) is 12.1 Å². The van der Waals surface area contributed by atoms with E-state index in [1.165, 1.54) is 16.8 Å². The van der Waals surface area contributed by atoms with Crippen molar-refractivity contribution in [1.29, 1.82) is 0 Å². The van der Waals surface area contributed by atoms with E-state index in [2.05, 4.69) is 43.1 Å². The first-order valence-electron chi connectivity index (χ1n) is 5.35. The van der Waals surface area contributed by atoms with Crippen LogP contribution in [-0.2, 0) is 13.0 Å². The van der Waals surface area contributed by atoms with Gasteiger partial charge in [0, 0.05) is 38.6 Å². The van der Waals surface area contributed by atoms with Crippen LogP contribution in [0, 0.1) is 0 Å². The quantitative estimate of drug-likeness (QED) is 0.702. The van der Waals surface area contributed by atoms with E-state index < -0.39 is 0 Å². The summed E-state index contributed by atoms with van der Waals surface area (Å²) in [6.07, 6.45) is 1.12. The maximum absolute atomic E-state index is 5.92. The van der Waals surface area contributed by atoms with Gasteiger partial charge in [-0.25, -0.2) is 0 Å². The monoisotopic (exact) mass is 205 g/mol. The highest BCUT2D eigenvalue weighted by atomic mass is 15.1. The van der Waals surface area contributed by atoms with Crippen LogP contribution in [0.2, 0.25) is 0 Å². The number of nitrogens with two attached hydrogens (primary N) is 1. The molecule has 15 heavy (non-hydrogen) atoms. The number of hydrogen-bond donors (Lipinski definition) is 1. The van der Waals surface area contributed by atoms with E-state index in [4.69, 9.17) is 5.73 Å². The van der Waals surface area contributed by atoms with Gasteiger partial charge >= 0.3 is 0 Å². The Balaban J connectivity index is 2.49. The molecule has 1 aliphatic heterocycles. The molecule has 3 heteroatoms. The molecule has 0 fully saturated rings. The van der Waals surface area contributed by atoms with Gasteiger partial charge in [0.25, 0.3) is 0 Å².